The third-order valence-electron chi connectivity index (χ3n) is 3.15. The van der Waals surface area contributed by atoms with Crippen molar-refractivity contribution < 1.29 is 13.2 Å². The maximum Gasteiger partial charge on any atom is 0.433 e. The summed E-state index contributed by atoms with van der Waals surface area (Å²) in [5.74, 6) is 0. The van der Waals surface area contributed by atoms with Gasteiger partial charge in [0, 0.05) is 19.3 Å². The lowest BCUT2D eigenvalue weighted by atomic mass is 10.3. The molecule has 0 aliphatic rings. The second-order valence-corrected chi connectivity index (χ2v) is 4.67. The van der Waals surface area contributed by atoms with Crippen LogP contribution in [-0.4, -0.2) is 19.6 Å². The predicted molar refractivity (Wildman–Crippen MR) is 72.9 cm³/mol. The molecule has 2 rings (SSSR count). The van der Waals surface area contributed by atoms with Crippen LogP contribution in [0.1, 0.15) is 30.9 Å². The lowest BCUT2D eigenvalue weighted by Crippen LogP contribution is -2.13. The first kappa shape index (κ1) is 15.4. The van der Waals surface area contributed by atoms with E-state index in [0.29, 0.717) is 5.69 Å². The second-order valence-electron chi connectivity index (χ2n) is 4.67. The van der Waals surface area contributed by atoms with Crippen molar-refractivity contribution in [3.63, 3.8) is 0 Å². The average molecular weight is 301 g/mol. The van der Waals surface area contributed by atoms with Gasteiger partial charge in [0.05, 0.1) is 23.6 Å². The quantitative estimate of drug-likeness (QED) is 0.923. The number of alkyl halides is 3. The van der Waals surface area contributed by atoms with E-state index in [-0.39, 0.29) is 13.1 Å². The molecule has 0 fully saturated rings. The zero-order chi connectivity index (χ0) is 15.6. The van der Waals surface area contributed by atoms with Gasteiger partial charge in [-0.1, -0.05) is 0 Å². The number of nitrogens with one attached hydrogen (secondary N) is 1. The van der Waals surface area contributed by atoms with E-state index < -0.39 is 11.9 Å². The Balaban J connectivity index is 2.13. The highest BCUT2D eigenvalue weighted by Crippen LogP contribution is 2.30. The molecule has 2 aromatic heterocycles. The minimum Gasteiger partial charge on any atom is -0.377 e. The van der Waals surface area contributed by atoms with Crippen LogP contribution in [0.5, 0.6) is 0 Å². The molecule has 0 aromatic carbocycles. The Morgan fingerprint density at radius 3 is 2.38 bits per heavy atom. The lowest BCUT2D eigenvalue weighted by Gasteiger charge is -2.07. The first-order valence-electron chi connectivity index (χ1n) is 6.77. The van der Waals surface area contributed by atoms with Crippen LogP contribution in [0.25, 0.3) is 0 Å². The minimum atomic E-state index is -4.38. The van der Waals surface area contributed by atoms with Gasteiger partial charge in [-0.25, -0.2) is 0 Å². The number of halogens is 3. The Kier molecular flexibility index (Phi) is 4.24. The van der Waals surface area contributed by atoms with Crippen molar-refractivity contribution in [3.05, 3.63) is 29.3 Å². The Hall–Kier alpha value is -1.99. The van der Waals surface area contributed by atoms with Gasteiger partial charge in [0.1, 0.15) is 5.69 Å². The molecule has 0 saturated heterocycles. The van der Waals surface area contributed by atoms with Gasteiger partial charge in [-0.15, -0.1) is 0 Å². The predicted octanol–water partition coefficient (Wildman–Crippen LogP) is 3.06. The largest absolute Gasteiger partial charge is 0.433 e. The summed E-state index contributed by atoms with van der Waals surface area (Å²) in [5, 5.41) is 11.3. The van der Waals surface area contributed by atoms with Crippen LogP contribution in [0, 0.1) is 6.92 Å². The molecule has 0 aliphatic heterocycles. The molecule has 21 heavy (non-hydrogen) atoms. The topological polar surface area (TPSA) is 47.7 Å². The molecule has 0 bridgehead atoms. The molecule has 2 heterocycles. The van der Waals surface area contributed by atoms with Gasteiger partial charge in [0.15, 0.2) is 0 Å². The number of hydrogen-bond acceptors (Lipinski definition) is 3. The first-order valence-corrected chi connectivity index (χ1v) is 6.77. The van der Waals surface area contributed by atoms with Crippen LogP contribution in [0.4, 0.5) is 18.9 Å². The van der Waals surface area contributed by atoms with E-state index in [0.717, 1.165) is 28.7 Å². The van der Waals surface area contributed by atoms with E-state index in [2.05, 4.69) is 15.5 Å². The summed E-state index contributed by atoms with van der Waals surface area (Å²) in [6, 6.07) is 1.08. The molecule has 5 nitrogen and oxygen atoms in total. The number of rotatable bonds is 5. The van der Waals surface area contributed by atoms with Crippen LogP contribution in [0.2, 0.25) is 0 Å². The third kappa shape index (κ3) is 3.37. The van der Waals surface area contributed by atoms with Gasteiger partial charge < -0.3 is 5.32 Å². The van der Waals surface area contributed by atoms with E-state index >= 15 is 0 Å². The first-order chi connectivity index (χ1) is 9.85. The highest BCUT2D eigenvalue weighted by atomic mass is 19.4. The summed E-state index contributed by atoms with van der Waals surface area (Å²) in [6.07, 6.45) is -2.55. The fourth-order valence-electron chi connectivity index (χ4n) is 2.06. The van der Waals surface area contributed by atoms with E-state index in [4.69, 9.17) is 0 Å². The monoisotopic (exact) mass is 301 g/mol. The summed E-state index contributed by atoms with van der Waals surface area (Å²) >= 11 is 0. The van der Waals surface area contributed by atoms with Gasteiger partial charge >= 0.3 is 6.18 Å². The van der Waals surface area contributed by atoms with E-state index in [1.807, 2.05) is 20.0 Å². The minimum absolute atomic E-state index is 0.182. The Labute approximate surface area is 120 Å². The van der Waals surface area contributed by atoms with Gasteiger partial charge in [0.25, 0.3) is 0 Å². The lowest BCUT2D eigenvalue weighted by molar-refractivity contribution is -0.144. The fraction of sp³-hybridized carbons (Fsp3) is 0.538. The molecule has 0 aliphatic carbocycles. The van der Waals surface area contributed by atoms with E-state index in [1.54, 1.807) is 11.6 Å². The zero-order valence-electron chi connectivity index (χ0n) is 12.2. The summed E-state index contributed by atoms with van der Waals surface area (Å²) < 4.78 is 41.2. The fourth-order valence-corrected chi connectivity index (χ4v) is 2.06. The molecular formula is C13H18F3N5. The molecule has 0 amide bonds. The van der Waals surface area contributed by atoms with Crippen LogP contribution in [0.3, 0.4) is 0 Å². The van der Waals surface area contributed by atoms with Crippen LogP contribution >= 0.6 is 0 Å². The Bertz CT molecular complexity index is 612. The summed E-state index contributed by atoms with van der Waals surface area (Å²) in [4.78, 5) is 0. The van der Waals surface area contributed by atoms with Crippen LogP contribution in [-0.2, 0) is 25.8 Å². The molecule has 0 radical (unpaired) electrons. The number of aromatic nitrogens is 4. The molecule has 0 spiro atoms. The second kappa shape index (κ2) is 5.79. The van der Waals surface area contributed by atoms with Crippen molar-refractivity contribution in [3.8, 4) is 0 Å². The Morgan fingerprint density at radius 1 is 1.19 bits per heavy atom. The molecule has 8 heteroatoms. The van der Waals surface area contributed by atoms with Crippen LogP contribution in [0.15, 0.2) is 12.3 Å². The van der Waals surface area contributed by atoms with Gasteiger partial charge in [-0.05, 0) is 26.8 Å². The maximum absolute atomic E-state index is 12.8. The number of anilines is 1. The van der Waals surface area contributed by atoms with Crippen LogP contribution < -0.4 is 5.32 Å². The van der Waals surface area contributed by atoms with Crippen molar-refractivity contribution in [2.75, 3.05) is 5.32 Å². The smallest absolute Gasteiger partial charge is 0.377 e. The highest BCUT2D eigenvalue weighted by molar-refractivity contribution is 5.45. The maximum atomic E-state index is 12.8. The molecule has 0 saturated carbocycles. The summed E-state index contributed by atoms with van der Waals surface area (Å²) in [7, 11) is 0. The van der Waals surface area contributed by atoms with Gasteiger partial charge in [-0.3, -0.25) is 9.36 Å². The number of hydrogen-bond donors (Lipinski definition) is 1. The summed E-state index contributed by atoms with van der Waals surface area (Å²) in [6.45, 7) is 6.60. The number of nitrogens with zero attached hydrogens (tertiary/aromatic N) is 4. The highest BCUT2D eigenvalue weighted by Gasteiger charge is 2.35. The zero-order valence-corrected chi connectivity index (χ0v) is 12.2. The average Bonchev–Trinajstić information content (AvgIpc) is 2.99. The van der Waals surface area contributed by atoms with Gasteiger partial charge in [-0.2, -0.15) is 23.4 Å². The van der Waals surface area contributed by atoms with Crippen molar-refractivity contribution in [1.29, 1.82) is 0 Å². The standard InChI is InChI=1S/C13H18F3N5/c1-4-20-8-11(9(3)18-20)17-7-10-6-12(13(14,15)16)21(5-2)19-10/h6,8,17H,4-5,7H2,1-3H3. The molecular weight excluding hydrogens is 283 g/mol. The molecule has 2 aromatic rings. The van der Waals surface area contributed by atoms with Crippen molar-refractivity contribution in [1.82, 2.24) is 19.6 Å². The normalized spacial score (nSPS) is 11.9. The van der Waals surface area contributed by atoms with Crippen molar-refractivity contribution in [2.24, 2.45) is 0 Å². The Morgan fingerprint density at radius 2 is 1.90 bits per heavy atom. The van der Waals surface area contributed by atoms with Crippen molar-refractivity contribution >= 4 is 5.69 Å². The molecule has 0 unspecified atom stereocenters. The molecule has 116 valence electrons. The van der Waals surface area contributed by atoms with E-state index in [9.17, 15) is 13.2 Å². The van der Waals surface area contributed by atoms with Crippen molar-refractivity contribution in [2.45, 2.75) is 46.6 Å². The van der Waals surface area contributed by atoms with Gasteiger partial charge in [0.2, 0.25) is 0 Å². The SMILES string of the molecule is CCn1cc(NCc2cc(C(F)(F)F)n(CC)n2)c(C)n1. The summed E-state index contributed by atoms with van der Waals surface area (Å²) in [5.41, 5.74) is 1.25. The molecule has 1 N–H and O–H groups in total. The molecule has 0 atom stereocenters. The number of aryl methyl sites for hydroxylation is 3. The third-order valence-corrected chi connectivity index (χ3v) is 3.15. The van der Waals surface area contributed by atoms with E-state index in [1.165, 1.54) is 0 Å².